The number of hydrogen-bond acceptors (Lipinski definition) is 2. The smallest absolute Gasteiger partial charge is 0.136 e. The highest BCUT2D eigenvalue weighted by molar-refractivity contribution is 5.81. The largest absolute Gasteiger partial charge is 0.385 e. The highest BCUT2D eigenvalue weighted by Gasteiger charge is 2.37. The Kier molecular flexibility index (Phi) is 9.17. The number of methoxy groups -OCH3 is 1. The van der Waals surface area contributed by atoms with E-state index in [-0.39, 0.29) is 0 Å². The fourth-order valence-corrected chi connectivity index (χ4v) is 3.72. The zero-order valence-electron chi connectivity index (χ0n) is 13.8. The molecule has 0 spiro atoms. The molecule has 0 aromatic rings. The number of ether oxygens (including phenoxy) is 1. The number of unbranched alkanes of at least 4 members (excludes halogenated alkanes) is 5. The van der Waals surface area contributed by atoms with E-state index in [4.69, 9.17) is 4.74 Å². The van der Waals surface area contributed by atoms with Crippen LogP contribution in [0.3, 0.4) is 0 Å². The summed E-state index contributed by atoms with van der Waals surface area (Å²) in [5.41, 5.74) is 0. The van der Waals surface area contributed by atoms with E-state index in [2.05, 4.69) is 13.8 Å². The van der Waals surface area contributed by atoms with E-state index in [1.807, 2.05) is 0 Å². The Morgan fingerprint density at radius 3 is 2.50 bits per heavy atom. The summed E-state index contributed by atoms with van der Waals surface area (Å²) in [7, 11) is 1.76. The van der Waals surface area contributed by atoms with Crippen molar-refractivity contribution in [3.8, 4) is 0 Å². The molecule has 118 valence electrons. The molecule has 0 saturated heterocycles. The van der Waals surface area contributed by atoms with Crippen LogP contribution >= 0.6 is 0 Å². The van der Waals surface area contributed by atoms with Crippen molar-refractivity contribution in [1.29, 1.82) is 0 Å². The van der Waals surface area contributed by atoms with Crippen LogP contribution in [0, 0.1) is 17.8 Å². The lowest BCUT2D eigenvalue weighted by Gasteiger charge is -2.21. The molecule has 1 fully saturated rings. The Labute approximate surface area is 125 Å². The molecule has 3 unspecified atom stereocenters. The Bertz CT molecular complexity index is 262. The molecule has 0 aromatic carbocycles. The molecule has 20 heavy (non-hydrogen) atoms. The van der Waals surface area contributed by atoms with Crippen molar-refractivity contribution in [2.24, 2.45) is 17.8 Å². The lowest BCUT2D eigenvalue weighted by molar-refractivity contribution is -0.125. The number of carbonyl (C=O) groups excluding carboxylic acids is 1. The van der Waals surface area contributed by atoms with Crippen LogP contribution in [0.1, 0.15) is 78.1 Å². The van der Waals surface area contributed by atoms with Crippen LogP contribution in [-0.2, 0) is 9.53 Å². The van der Waals surface area contributed by atoms with E-state index in [1.165, 1.54) is 44.9 Å². The molecule has 1 rings (SSSR count). The van der Waals surface area contributed by atoms with E-state index < -0.39 is 0 Å². The fraction of sp³-hybridized carbons (Fsp3) is 0.944. The predicted octanol–water partition coefficient (Wildman–Crippen LogP) is 5.00. The molecule has 3 atom stereocenters. The van der Waals surface area contributed by atoms with Gasteiger partial charge in [0.05, 0.1) is 0 Å². The average molecular weight is 282 g/mol. The maximum absolute atomic E-state index is 12.5. The third-order valence-corrected chi connectivity index (χ3v) is 4.95. The molecular weight excluding hydrogens is 248 g/mol. The Morgan fingerprint density at radius 1 is 1.10 bits per heavy atom. The first-order chi connectivity index (χ1) is 9.70. The average Bonchev–Trinajstić information content (AvgIpc) is 2.81. The molecule has 1 saturated carbocycles. The van der Waals surface area contributed by atoms with Crippen molar-refractivity contribution in [1.82, 2.24) is 0 Å². The topological polar surface area (TPSA) is 26.3 Å². The maximum atomic E-state index is 12.5. The number of Topliss-reactive ketones (excluding diaryl/α,β-unsaturated/α-hetero) is 1. The highest BCUT2D eigenvalue weighted by Crippen LogP contribution is 2.40. The molecule has 0 aliphatic heterocycles. The van der Waals surface area contributed by atoms with Crippen LogP contribution in [-0.4, -0.2) is 19.5 Å². The fourth-order valence-electron chi connectivity index (χ4n) is 3.72. The van der Waals surface area contributed by atoms with Gasteiger partial charge in [-0.15, -0.1) is 0 Å². The zero-order chi connectivity index (χ0) is 14.8. The summed E-state index contributed by atoms with van der Waals surface area (Å²) in [6, 6.07) is 0. The highest BCUT2D eigenvalue weighted by atomic mass is 16.5. The third kappa shape index (κ3) is 5.95. The van der Waals surface area contributed by atoms with E-state index in [9.17, 15) is 4.79 Å². The van der Waals surface area contributed by atoms with Gasteiger partial charge in [0.2, 0.25) is 0 Å². The van der Waals surface area contributed by atoms with Crippen molar-refractivity contribution < 1.29 is 9.53 Å². The molecule has 0 N–H and O–H groups in total. The van der Waals surface area contributed by atoms with Crippen molar-refractivity contribution in [2.75, 3.05) is 13.7 Å². The normalized spacial score (nSPS) is 26.1. The first-order valence-electron chi connectivity index (χ1n) is 8.72. The minimum absolute atomic E-state index is 0.320. The van der Waals surface area contributed by atoms with Crippen LogP contribution in [0.15, 0.2) is 0 Å². The van der Waals surface area contributed by atoms with Gasteiger partial charge in [-0.3, -0.25) is 4.79 Å². The summed E-state index contributed by atoms with van der Waals surface area (Å²) in [5, 5.41) is 0. The van der Waals surface area contributed by atoms with Crippen LogP contribution < -0.4 is 0 Å². The zero-order valence-corrected chi connectivity index (χ0v) is 13.8. The number of carbonyl (C=O) groups is 1. The monoisotopic (exact) mass is 282 g/mol. The molecule has 0 aromatic heterocycles. The first-order valence-corrected chi connectivity index (χ1v) is 8.72. The predicted molar refractivity (Wildman–Crippen MR) is 84.9 cm³/mol. The van der Waals surface area contributed by atoms with E-state index in [0.29, 0.717) is 23.5 Å². The third-order valence-electron chi connectivity index (χ3n) is 4.95. The van der Waals surface area contributed by atoms with Crippen LogP contribution in [0.4, 0.5) is 0 Å². The Morgan fingerprint density at radius 2 is 1.80 bits per heavy atom. The van der Waals surface area contributed by atoms with Gasteiger partial charge in [-0.25, -0.2) is 0 Å². The molecule has 2 heteroatoms. The van der Waals surface area contributed by atoms with Gasteiger partial charge in [-0.2, -0.15) is 0 Å². The molecule has 0 bridgehead atoms. The van der Waals surface area contributed by atoms with Crippen molar-refractivity contribution in [3.05, 3.63) is 0 Å². The quantitative estimate of drug-likeness (QED) is 0.498. The minimum Gasteiger partial charge on any atom is -0.385 e. The lowest BCUT2D eigenvalue weighted by atomic mass is 9.83. The maximum Gasteiger partial charge on any atom is 0.136 e. The molecule has 0 amide bonds. The molecule has 0 radical (unpaired) electrons. The second kappa shape index (κ2) is 10.4. The SMILES string of the molecule is CCCCCCCCC(=O)C1C(C)CCC1CCOC. The summed E-state index contributed by atoms with van der Waals surface area (Å²) in [6.45, 7) is 5.31. The van der Waals surface area contributed by atoms with Gasteiger partial charge in [0.1, 0.15) is 5.78 Å². The lowest BCUT2D eigenvalue weighted by Crippen LogP contribution is -2.24. The Hall–Kier alpha value is -0.370. The summed E-state index contributed by atoms with van der Waals surface area (Å²) < 4.78 is 5.19. The summed E-state index contributed by atoms with van der Waals surface area (Å²) in [6.07, 6.45) is 11.9. The van der Waals surface area contributed by atoms with Gasteiger partial charge >= 0.3 is 0 Å². The number of ketones is 1. The van der Waals surface area contributed by atoms with Gasteiger partial charge in [0, 0.05) is 26.1 Å². The number of rotatable bonds is 11. The summed E-state index contributed by atoms with van der Waals surface area (Å²) in [5.74, 6) is 2.02. The second-order valence-corrected chi connectivity index (χ2v) is 6.61. The summed E-state index contributed by atoms with van der Waals surface area (Å²) >= 11 is 0. The molecular formula is C18H34O2. The van der Waals surface area contributed by atoms with Crippen molar-refractivity contribution in [3.63, 3.8) is 0 Å². The molecule has 1 aliphatic carbocycles. The van der Waals surface area contributed by atoms with Gasteiger partial charge in [0.25, 0.3) is 0 Å². The van der Waals surface area contributed by atoms with Gasteiger partial charge in [0.15, 0.2) is 0 Å². The molecule has 1 aliphatic rings. The minimum atomic E-state index is 0.320. The van der Waals surface area contributed by atoms with E-state index >= 15 is 0 Å². The van der Waals surface area contributed by atoms with Gasteiger partial charge in [-0.1, -0.05) is 46.0 Å². The van der Waals surface area contributed by atoms with Gasteiger partial charge in [-0.05, 0) is 37.5 Å². The van der Waals surface area contributed by atoms with Crippen LogP contribution in [0.5, 0.6) is 0 Å². The standard InChI is InChI=1S/C18H34O2/c1-4-5-6-7-8-9-10-17(19)18-15(2)11-12-16(18)13-14-20-3/h15-16,18H,4-14H2,1-3H3. The van der Waals surface area contributed by atoms with Crippen molar-refractivity contribution >= 4 is 5.78 Å². The molecule has 2 nitrogen and oxygen atoms in total. The van der Waals surface area contributed by atoms with Crippen molar-refractivity contribution in [2.45, 2.75) is 78.1 Å². The molecule has 0 heterocycles. The van der Waals surface area contributed by atoms with Crippen LogP contribution in [0.25, 0.3) is 0 Å². The number of hydrogen-bond donors (Lipinski definition) is 0. The van der Waals surface area contributed by atoms with Crippen LogP contribution in [0.2, 0.25) is 0 Å². The Balaban J connectivity index is 2.25. The summed E-state index contributed by atoms with van der Waals surface area (Å²) in [4.78, 5) is 12.5. The second-order valence-electron chi connectivity index (χ2n) is 6.61. The first kappa shape index (κ1) is 17.7. The van der Waals surface area contributed by atoms with Gasteiger partial charge < -0.3 is 4.74 Å². The van der Waals surface area contributed by atoms with E-state index in [1.54, 1.807) is 7.11 Å². The van der Waals surface area contributed by atoms with E-state index in [0.717, 1.165) is 25.9 Å².